The Morgan fingerprint density at radius 1 is 1.20 bits per heavy atom. The van der Waals surface area contributed by atoms with Gasteiger partial charge in [0.1, 0.15) is 0 Å². The van der Waals surface area contributed by atoms with E-state index in [2.05, 4.69) is 34.2 Å². The number of amides is 1. The number of rotatable bonds is 5. The van der Waals surface area contributed by atoms with Crippen molar-refractivity contribution < 1.29 is 4.79 Å². The number of benzene rings is 2. The minimum Gasteiger partial charge on any atom is -0.351 e. The van der Waals surface area contributed by atoms with Crippen LogP contribution in [0, 0.1) is 6.92 Å². The summed E-state index contributed by atoms with van der Waals surface area (Å²) in [6.45, 7) is 2.62. The first-order valence-electron chi connectivity index (χ1n) is 6.35. The highest BCUT2D eigenvalue weighted by Crippen LogP contribution is 2.21. The first-order chi connectivity index (χ1) is 9.65. The number of carbonyl (C=O) groups is 1. The molecule has 2 aromatic rings. The van der Waals surface area contributed by atoms with Crippen LogP contribution in [0.5, 0.6) is 0 Å². The predicted octanol–water partition coefficient (Wildman–Crippen LogP) is 4.17. The highest BCUT2D eigenvalue weighted by atomic mass is 79.9. The molecule has 4 heteroatoms. The van der Waals surface area contributed by atoms with E-state index in [9.17, 15) is 4.79 Å². The number of aryl methyl sites for hydroxylation is 1. The van der Waals surface area contributed by atoms with Gasteiger partial charge in [-0.25, -0.2) is 0 Å². The number of carbonyl (C=O) groups excluding carboxylic acids is 1. The molecule has 0 aliphatic carbocycles. The van der Waals surface area contributed by atoms with Gasteiger partial charge in [0.15, 0.2) is 0 Å². The number of hydrogen-bond donors (Lipinski definition) is 1. The number of thioether (sulfide) groups is 1. The van der Waals surface area contributed by atoms with Gasteiger partial charge in [-0.3, -0.25) is 4.79 Å². The molecule has 0 radical (unpaired) electrons. The van der Waals surface area contributed by atoms with E-state index in [0.717, 1.165) is 14.9 Å². The SMILES string of the molecule is Cc1ccccc1SCC(=O)NCc1cccc(Br)c1. The summed E-state index contributed by atoms with van der Waals surface area (Å²) < 4.78 is 1.03. The van der Waals surface area contributed by atoms with Crippen molar-refractivity contribution in [3.8, 4) is 0 Å². The van der Waals surface area contributed by atoms with Crippen molar-refractivity contribution in [2.24, 2.45) is 0 Å². The minimum absolute atomic E-state index is 0.0539. The van der Waals surface area contributed by atoms with Crippen LogP contribution in [0.4, 0.5) is 0 Å². The summed E-state index contributed by atoms with van der Waals surface area (Å²) in [5.74, 6) is 0.497. The van der Waals surface area contributed by atoms with Crippen LogP contribution in [0.1, 0.15) is 11.1 Å². The van der Waals surface area contributed by atoms with Crippen LogP contribution in [0.15, 0.2) is 57.9 Å². The smallest absolute Gasteiger partial charge is 0.230 e. The molecule has 0 aliphatic rings. The second-order valence-corrected chi connectivity index (χ2v) is 6.39. The van der Waals surface area contributed by atoms with Gasteiger partial charge in [-0.1, -0.05) is 46.3 Å². The van der Waals surface area contributed by atoms with Gasteiger partial charge < -0.3 is 5.32 Å². The molecule has 0 saturated heterocycles. The molecular formula is C16H16BrNOS. The molecule has 1 amide bonds. The van der Waals surface area contributed by atoms with E-state index in [0.29, 0.717) is 12.3 Å². The van der Waals surface area contributed by atoms with Gasteiger partial charge in [0.25, 0.3) is 0 Å². The van der Waals surface area contributed by atoms with Crippen molar-refractivity contribution in [2.45, 2.75) is 18.4 Å². The van der Waals surface area contributed by atoms with Crippen molar-refractivity contribution in [1.29, 1.82) is 0 Å². The van der Waals surface area contributed by atoms with Crippen molar-refractivity contribution in [1.82, 2.24) is 5.32 Å². The summed E-state index contributed by atoms with van der Waals surface area (Å²) in [5, 5.41) is 2.94. The van der Waals surface area contributed by atoms with Crippen LogP contribution in [0.3, 0.4) is 0 Å². The van der Waals surface area contributed by atoms with Gasteiger partial charge in [0, 0.05) is 15.9 Å². The fraction of sp³-hybridized carbons (Fsp3) is 0.188. The molecule has 0 unspecified atom stereocenters. The first kappa shape index (κ1) is 15.1. The lowest BCUT2D eigenvalue weighted by atomic mass is 10.2. The zero-order chi connectivity index (χ0) is 14.4. The summed E-state index contributed by atoms with van der Waals surface area (Å²) in [6, 6.07) is 16.0. The lowest BCUT2D eigenvalue weighted by Gasteiger charge is -2.07. The third-order valence-corrected chi connectivity index (χ3v) is 4.50. The zero-order valence-corrected chi connectivity index (χ0v) is 13.6. The topological polar surface area (TPSA) is 29.1 Å². The van der Waals surface area contributed by atoms with Crippen molar-refractivity contribution in [2.75, 3.05) is 5.75 Å². The van der Waals surface area contributed by atoms with E-state index in [1.807, 2.05) is 42.5 Å². The Bertz CT molecular complexity index is 601. The summed E-state index contributed by atoms with van der Waals surface area (Å²) in [7, 11) is 0. The molecule has 0 heterocycles. The second-order valence-electron chi connectivity index (χ2n) is 4.46. The van der Waals surface area contributed by atoms with E-state index in [1.165, 1.54) is 5.56 Å². The quantitative estimate of drug-likeness (QED) is 0.821. The highest BCUT2D eigenvalue weighted by Gasteiger charge is 2.04. The van der Waals surface area contributed by atoms with Gasteiger partial charge in [0.2, 0.25) is 5.91 Å². The highest BCUT2D eigenvalue weighted by molar-refractivity contribution is 9.10. The first-order valence-corrected chi connectivity index (χ1v) is 8.12. The van der Waals surface area contributed by atoms with E-state index >= 15 is 0 Å². The van der Waals surface area contributed by atoms with E-state index in [1.54, 1.807) is 11.8 Å². The number of hydrogen-bond acceptors (Lipinski definition) is 2. The molecule has 0 saturated carbocycles. The maximum atomic E-state index is 11.8. The van der Waals surface area contributed by atoms with Gasteiger partial charge in [-0.15, -0.1) is 11.8 Å². The van der Waals surface area contributed by atoms with Gasteiger partial charge >= 0.3 is 0 Å². The summed E-state index contributed by atoms with van der Waals surface area (Å²) >= 11 is 4.99. The lowest BCUT2D eigenvalue weighted by molar-refractivity contribution is -0.118. The van der Waals surface area contributed by atoms with Crippen molar-refractivity contribution >= 4 is 33.6 Å². The molecule has 2 nitrogen and oxygen atoms in total. The Morgan fingerprint density at radius 2 is 2.00 bits per heavy atom. The van der Waals surface area contributed by atoms with Crippen molar-refractivity contribution in [3.63, 3.8) is 0 Å². The third kappa shape index (κ3) is 4.69. The Labute approximate surface area is 132 Å². The van der Waals surface area contributed by atoms with Gasteiger partial charge in [-0.05, 0) is 36.2 Å². The monoisotopic (exact) mass is 349 g/mol. The summed E-state index contributed by atoms with van der Waals surface area (Å²) in [6.07, 6.45) is 0. The van der Waals surface area contributed by atoms with Gasteiger partial charge in [-0.2, -0.15) is 0 Å². The fourth-order valence-electron chi connectivity index (χ4n) is 1.76. The number of halogens is 1. The average molecular weight is 350 g/mol. The van der Waals surface area contributed by atoms with E-state index in [4.69, 9.17) is 0 Å². The molecular weight excluding hydrogens is 334 g/mol. The molecule has 0 bridgehead atoms. The minimum atomic E-state index is 0.0539. The maximum Gasteiger partial charge on any atom is 0.230 e. The molecule has 0 atom stereocenters. The normalized spacial score (nSPS) is 10.3. The molecule has 0 spiro atoms. The molecule has 0 aromatic heterocycles. The average Bonchev–Trinajstić information content (AvgIpc) is 2.44. The van der Waals surface area contributed by atoms with Crippen LogP contribution in [-0.2, 0) is 11.3 Å². The molecule has 2 rings (SSSR count). The van der Waals surface area contributed by atoms with Gasteiger partial charge in [0.05, 0.1) is 5.75 Å². The van der Waals surface area contributed by atoms with Crippen LogP contribution >= 0.6 is 27.7 Å². The lowest BCUT2D eigenvalue weighted by Crippen LogP contribution is -2.24. The zero-order valence-electron chi connectivity index (χ0n) is 11.2. The fourth-order valence-corrected chi connectivity index (χ4v) is 3.07. The standard InChI is InChI=1S/C16H16BrNOS/c1-12-5-2-3-8-15(12)20-11-16(19)18-10-13-6-4-7-14(17)9-13/h2-9H,10-11H2,1H3,(H,18,19). The maximum absolute atomic E-state index is 11.8. The van der Waals surface area contributed by atoms with Crippen LogP contribution < -0.4 is 5.32 Å². The molecule has 1 N–H and O–H groups in total. The third-order valence-electron chi connectivity index (χ3n) is 2.83. The largest absolute Gasteiger partial charge is 0.351 e. The molecule has 20 heavy (non-hydrogen) atoms. The Morgan fingerprint density at radius 3 is 2.75 bits per heavy atom. The molecule has 0 aliphatic heterocycles. The molecule has 2 aromatic carbocycles. The Hall–Kier alpha value is -1.26. The van der Waals surface area contributed by atoms with Crippen LogP contribution in [-0.4, -0.2) is 11.7 Å². The van der Waals surface area contributed by atoms with Crippen LogP contribution in [0.2, 0.25) is 0 Å². The number of nitrogens with one attached hydrogen (secondary N) is 1. The predicted molar refractivity (Wildman–Crippen MR) is 87.9 cm³/mol. The molecule has 0 fully saturated rings. The Kier molecular flexibility index (Phi) is 5.68. The Balaban J connectivity index is 1.80. The van der Waals surface area contributed by atoms with Crippen LogP contribution in [0.25, 0.3) is 0 Å². The summed E-state index contributed by atoms with van der Waals surface area (Å²) in [4.78, 5) is 13.0. The second kappa shape index (κ2) is 7.50. The molecule has 104 valence electrons. The van der Waals surface area contributed by atoms with E-state index < -0.39 is 0 Å². The summed E-state index contributed by atoms with van der Waals surface area (Å²) in [5.41, 5.74) is 2.30. The van der Waals surface area contributed by atoms with Crippen molar-refractivity contribution in [3.05, 3.63) is 64.1 Å². The van der Waals surface area contributed by atoms with E-state index in [-0.39, 0.29) is 5.91 Å².